The smallest absolute Gasteiger partial charge is 0.0562 e. The SMILES string of the molecule is c1ccc(-c2ccc(-n3c4ccccc4c4cc(-c5ccc6c(c5)c5cc7c8ccccc8n(-c8ccc(-c9ccccc9)cc8)c7cc5n6-c5ccc6ccccc6c5)ccc43)cc2)cc1.c1ccc(-c2ccc(-n3c4ccccc4c4cc(-c5ccc6c(c5)c5cc7c8ccccc8n(-c8ccc9ccccc9c8)c7cc5n6-c5ccc6ccccc6c5)ccc43)cc2)cc1. The Labute approximate surface area is 760 Å². The molecule has 0 saturated heterocycles. The maximum Gasteiger partial charge on any atom is 0.0562 e. The van der Waals surface area contributed by atoms with E-state index in [1.165, 1.54) is 219 Å². The highest BCUT2D eigenvalue weighted by Crippen LogP contribution is 2.47. The van der Waals surface area contributed by atoms with Gasteiger partial charge in [-0.15, -0.1) is 0 Å². The molecule has 6 nitrogen and oxygen atoms in total. The first-order valence-electron chi connectivity index (χ1n) is 45.5. The number of para-hydroxylation sites is 4. The van der Waals surface area contributed by atoms with Crippen LogP contribution in [-0.4, -0.2) is 27.4 Å². The number of rotatable bonds is 11. The molecule has 0 N–H and O–H groups in total. The van der Waals surface area contributed by atoms with E-state index in [1.807, 2.05) is 0 Å². The molecule has 6 heterocycles. The second-order valence-corrected chi connectivity index (χ2v) is 35.1. The van der Waals surface area contributed by atoms with E-state index in [0.717, 1.165) is 34.1 Å². The summed E-state index contributed by atoms with van der Waals surface area (Å²) in [5.41, 5.74) is 33.3. The van der Waals surface area contributed by atoms with Crippen LogP contribution < -0.4 is 0 Å². The summed E-state index contributed by atoms with van der Waals surface area (Å²) in [5, 5.41) is 22.3. The predicted molar refractivity (Wildman–Crippen MR) is 559 cm³/mol. The average Bonchev–Trinajstić information content (AvgIpc) is 1.55. The van der Waals surface area contributed by atoms with Crippen LogP contribution in [0.3, 0.4) is 0 Å². The molecular formula is C126H80N6. The van der Waals surface area contributed by atoms with Gasteiger partial charge >= 0.3 is 0 Å². The molecule has 0 bridgehead atoms. The van der Waals surface area contributed by atoms with Crippen molar-refractivity contribution in [1.82, 2.24) is 27.4 Å². The van der Waals surface area contributed by atoms with Crippen molar-refractivity contribution >= 4 is 163 Å². The molecule has 22 aromatic carbocycles. The molecule has 0 radical (unpaired) electrons. The summed E-state index contributed by atoms with van der Waals surface area (Å²) in [4.78, 5) is 0. The second-order valence-electron chi connectivity index (χ2n) is 35.1. The lowest BCUT2D eigenvalue weighted by atomic mass is 10.00. The van der Waals surface area contributed by atoms with Crippen LogP contribution in [0.1, 0.15) is 0 Å². The fourth-order valence-electron chi connectivity index (χ4n) is 21.5. The van der Waals surface area contributed by atoms with Gasteiger partial charge in [0.1, 0.15) is 0 Å². The Morgan fingerprint density at radius 1 is 0.0909 bits per heavy atom. The van der Waals surface area contributed by atoms with Gasteiger partial charge in [0.15, 0.2) is 0 Å². The van der Waals surface area contributed by atoms with Crippen LogP contribution in [0, 0.1) is 0 Å². The number of nitrogens with zero attached hydrogens (tertiary/aromatic N) is 6. The number of benzene rings is 22. The highest BCUT2D eigenvalue weighted by Gasteiger charge is 2.25. The minimum Gasteiger partial charge on any atom is -0.309 e. The highest BCUT2D eigenvalue weighted by molar-refractivity contribution is 6.23. The molecule has 28 aromatic rings. The Kier molecular flexibility index (Phi) is 17.0. The lowest BCUT2D eigenvalue weighted by molar-refractivity contribution is 1.17. The van der Waals surface area contributed by atoms with Gasteiger partial charge in [-0.1, -0.05) is 315 Å². The van der Waals surface area contributed by atoms with Gasteiger partial charge in [0.25, 0.3) is 0 Å². The van der Waals surface area contributed by atoms with Gasteiger partial charge in [0.2, 0.25) is 0 Å². The second kappa shape index (κ2) is 30.0. The number of fused-ring (bicyclic) bond motifs is 21. The Morgan fingerprint density at radius 3 is 0.568 bits per heavy atom. The van der Waals surface area contributed by atoms with Crippen molar-refractivity contribution in [2.24, 2.45) is 0 Å². The van der Waals surface area contributed by atoms with Gasteiger partial charge in [-0.25, -0.2) is 0 Å². The molecule has 28 rings (SSSR count). The minimum atomic E-state index is 1.14. The van der Waals surface area contributed by atoms with Crippen molar-refractivity contribution in [1.29, 1.82) is 0 Å². The maximum atomic E-state index is 2.47. The number of hydrogen-bond donors (Lipinski definition) is 0. The monoisotopic (exact) mass is 1680 g/mol. The average molecular weight is 1680 g/mol. The van der Waals surface area contributed by atoms with Crippen molar-refractivity contribution in [2.75, 3.05) is 0 Å². The molecule has 0 fully saturated rings. The molecule has 6 aromatic heterocycles. The molecule has 0 unspecified atom stereocenters. The van der Waals surface area contributed by atoms with E-state index in [-0.39, 0.29) is 0 Å². The summed E-state index contributed by atoms with van der Waals surface area (Å²) in [7, 11) is 0. The van der Waals surface area contributed by atoms with Crippen molar-refractivity contribution in [3.05, 3.63) is 485 Å². The zero-order valence-corrected chi connectivity index (χ0v) is 71.9. The van der Waals surface area contributed by atoms with Gasteiger partial charge in [-0.2, -0.15) is 0 Å². The van der Waals surface area contributed by atoms with E-state index in [1.54, 1.807) is 0 Å². The topological polar surface area (TPSA) is 29.6 Å². The third kappa shape index (κ3) is 12.0. The molecule has 0 aliphatic heterocycles. The van der Waals surface area contributed by atoms with E-state index < -0.39 is 0 Å². The van der Waals surface area contributed by atoms with Crippen molar-refractivity contribution in [3.63, 3.8) is 0 Å². The summed E-state index contributed by atoms with van der Waals surface area (Å²) >= 11 is 0. The molecule has 0 saturated carbocycles. The zero-order chi connectivity index (χ0) is 86.6. The summed E-state index contributed by atoms with van der Waals surface area (Å²) in [6.45, 7) is 0. The Morgan fingerprint density at radius 2 is 0.280 bits per heavy atom. The van der Waals surface area contributed by atoms with Crippen LogP contribution in [0.4, 0.5) is 0 Å². The van der Waals surface area contributed by atoms with Crippen LogP contribution >= 0.6 is 0 Å². The molecular weight excluding hydrogens is 1600 g/mol. The third-order valence-electron chi connectivity index (χ3n) is 27.8. The fourth-order valence-corrected chi connectivity index (χ4v) is 21.5. The molecule has 0 atom stereocenters. The molecule has 6 heteroatoms. The summed E-state index contributed by atoms with van der Waals surface area (Å²) < 4.78 is 14.7. The predicted octanol–water partition coefficient (Wildman–Crippen LogP) is 33.8. The van der Waals surface area contributed by atoms with E-state index >= 15 is 0 Å². The fraction of sp³-hybridized carbons (Fsp3) is 0. The van der Waals surface area contributed by atoms with Gasteiger partial charge in [-0.3, -0.25) is 0 Å². The van der Waals surface area contributed by atoms with Gasteiger partial charge in [-0.05, 0) is 258 Å². The maximum absolute atomic E-state index is 2.47. The highest BCUT2D eigenvalue weighted by atomic mass is 15.0. The van der Waals surface area contributed by atoms with Gasteiger partial charge in [0.05, 0.1) is 66.2 Å². The minimum absolute atomic E-state index is 1.14. The van der Waals surface area contributed by atoms with Crippen LogP contribution in [-0.2, 0) is 0 Å². The van der Waals surface area contributed by atoms with Crippen LogP contribution in [0.25, 0.3) is 253 Å². The van der Waals surface area contributed by atoms with Gasteiger partial charge < -0.3 is 27.4 Å². The normalized spacial score (nSPS) is 11.9. The first-order valence-corrected chi connectivity index (χ1v) is 45.5. The molecule has 0 spiro atoms. The van der Waals surface area contributed by atoms with Crippen molar-refractivity contribution < 1.29 is 0 Å². The number of hydrogen-bond acceptors (Lipinski definition) is 0. The summed E-state index contributed by atoms with van der Waals surface area (Å²) in [5.74, 6) is 0. The quantitative estimate of drug-likeness (QED) is 0.124. The standard InChI is InChI=1S/C64H41N3.C62H39N3/c1-3-13-42(14-4-1)45-23-30-50(31-24-45)65-59-21-11-9-19-53(59)55-38-48(28-35-61(55)65)49-29-36-62-56(39-49)58-40-57-54-20-10-12-22-60(54)66(51-32-25-46(26-33-51)43-15-5-2-6-16-43)63(57)41-64(58)67(62)52-34-27-44-17-7-8-18-47(44)37-52;1-2-12-40(13-3-1)43-22-28-48(29-23-43)63-57-20-10-8-18-51(57)53-36-46(26-32-59(53)63)47-27-33-60-54(37-47)56-38-55-52-19-9-11-21-58(52)64(49-30-24-41-14-4-6-16-44(41)34-49)61(55)39-62(56)65(60)50-31-25-42-15-5-7-17-45(42)35-50/h1-41H;1-39H. The van der Waals surface area contributed by atoms with Crippen molar-refractivity contribution in [3.8, 4) is 89.8 Å². The largest absolute Gasteiger partial charge is 0.309 e. The molecule has 132 heavy (non-hydrogen) atoms. The van der Waals surface area contributed by atoms with Crippen LogP contribution in [0.2, 0.25) is 0 Å². The summed E-state index contributed by atoms with van der Waals surface area (Å²) in [6, 6.07) is 178. The first-order chi connectivity index (χ1) is 65.4. The third-order valence-corrected chi connectivity index (χ3v) is 27.8. The van der Waals surface area contributed by atoms with Gasteiger partial charge in [0, 0.05) is 98.8 Å². The Balaban J connectivity index is 0.000000135. The van der Waals surface area contributed by atoms with E-state index in [9.17, 15) is 0 Å². The molecule has 0 amide bonds. The lowest BCUT2D eigenvalue weighted by Gasteiger charge is -2.12. The van der Waals surface area contributed by atoms with Crippen LogP contribution in [0.15, 0.2) is 485 Å². The van der Waals surface area contributed by atoms with Crippen LogP contribution in [0.5, 0.6) is 0 Å². The van der Waals surface area contributed by atoms with E-state index in [0.29, 0.717) is 0 Å². The number of aromatic nitrogens is 6. The molecule has 614 valence electrons. The lowest BCUT2D eigenvalue weighted by Crippen LogP contribution is -1.96. The van der Waals surface area contributed by atoms with Crippen molar-refractivity contribution in [2.45, 2.75) is 0 Å². The van der Waals surface area contributed by atoms with E-state index in [4.69, 9.17) is 0 Å². The van der Waals surface area contributed by atoms with E-state index in [2.05, 4.69) is 513 Å². The Hall–Kier alpha value is -17.6. The summed E-state index contributed by atoms with van der Waals surface area (Å²) in [6.07, 6.45) is 0. The molecule has 0 aliphatic rings. The Bertz CT molecular complexity index is 9550. The first kappa shape index (κ1) is 74.6. The zero-order valence-electron chi connectivity index (χ0n) is 71.9. The molecule has 0 aliphatic carbocycles.